The van der Waals surface area contributed by atoms with Crippen LogP contribution in [-0.4, -0.2) is 26.6 Å². The number of methoxy groups -OCH3 is 1. The van der Waals surface area contributed by atoms with Gasteiger partial charge in [-0.05, 0) is 35.3 Å². The summed E-state index contributed by atoms with van der Waals surface area (Å²) in [4.78, 5) is 10.8. The van der Waals surface area contributed by atoms with Crippen LogP contribution in [0.4, 0.5) is 4.79 Å². The van der Waals surface area contributed by atoms with E-state index in [0.29, 0.717) is 12.4 Å². The molecule has 6 heteroatoms. The van der Waals surface area contributed by atoms with Gasteiger partial charge in [-0.2, -0.15) is 0 Å². The Balaban J connectivity index is 2.28. The Bertz CT molecular complexity index is 828. The first-order chi connectivity index (χ1) is 13.0. The largest absolute Gasteiger partial charge is 0.496 e. The maximum Gasteiger partial charge on any atom is 0.404 e. The van der Waals surface area contributed by atoms with E-state index < -0.39 is 14.4 Å². The zero-order valence-electron chi connectivity index (χ0n) is 17.6. The third kappa shape index (κ3) is 5.36. The molecular weight excluding hydrogens is 370 g/mol. The van der Waals surface area contributed by atoms with Crippen LogP contribution in [0.25, 0.3) is 11.1 Å². The topological polar surface area (TPSA) is 67.8 Å². The number of hydrogen-bond acceptors (Lipinski definition) is 3. The van der Waals surface area contributed by atoms with Gasteiger partial charge < -0.3 is 19.6 Å². The maximum atomic E-state index is 10.8. The molecule has 5 nitrogen and oxygen atoms in total. The SMILES string of the molecule is COc1c(CNC(=O)O)cccc1-c1cccc(CO[Si](C)(C)C(C)(C)C)c1. The molecule has 0 saturated carbocycles. The van der Waals surface area contributed by atoms with Crippen molar-refractivity contribution in [1.82, 2.24) is 5.32 Å². The third-order valence-corrected chi connectivity index (χ3v) is 9.85. The fourth-order valence-corrected chi connectivity index (χ4v) is 3.63. The summed E-state index contributed by atoms with van der Waals surface area (Å²) in [6, 6.07) is 14.0. The summed E-state index contributed by atoms with van der Waals surface area (Å²) in [5, 5.41) is 11.4. The number of nitrogens with one attached hydrogen (secondary N) is 1. The van der Waals surface area contributed by atoms with Gasteiger partial charge in [-0.25, -0.2) is 4.79 Å². The van der Waals surface area contributed by atoms with Gasteiger partial charge in [-0.1, -0.05) is 57.2 Å². The van der Waals surface area contributed by atoms with E-state index in [1.165, 1.54) is 0 Å². The van der Waals surface area contributed by atoms with Gasteiger partial charge in [0.05, 0.1) is 13.7 Å². The minimum Gasteiger partial charge on any atom is -0.496 e. The van der Waals surface area contributed by atoms with Crippen molar-refractivity contribution in [2.75, 3.05) is 7.11 Å². The van der Waals surface area contributed by atoms with E-state index in [0.717, 1.165) is 22.3 Å². The number of para-hydroxylation sites is 1. The highest BCUT2D eigenvalue weighted by molar-refractivity contribution is 6.74. The van der Waals surface area contributed by atoms with Gasteiger partial charge in [0.25, 0.3) is 0 Å². The molecule has 0 atom stereocenters. The van der Waals surface area contributed by atoms with Crippen molar-refractivity contribution in [2.24, 2.45) is 0 Å². The number of carboxylic acid groups (broad SMARTS) is 1. The van der Waals surface area contributed by atoms with Gasteiger partial charge in [0.15, 0.2) is 8.32 Å². The highest BCUT2D eigenvalue weighted by atomic mass is 28.4. The van der Waals surface area contributed by atoms with Gasteiger partial charge in [0, 0.05) is 17.7 Å². The van der Waals surface area contributed by atoms with Crippen molar-refractivity contribution in [2.45, 2.75) is 52.1 Å². The normalized spacial score (nSPS) is 11.9. The highest BCUT2D eigenvalue weighted by Crippen LogP contribution is 2.38. The van der Waals surface area contributed by atoms with Crippen LogP contribution >= 0.6 is 0 Å². The second-order valence-electron chi connectivity index (χ2n) is 8.41. The van der Waals surface area contributed by atoms with Crippen LogP contribution < -0.4 is 10.1 Å². The Labute approximate surface area is 168 Å². The summed E-state index contributed by atoms with van der Waals surface area (Å²) >= 11 is 0. The predicted molar refractivity (Wildman–Crippen MR) is 115 cm³/mol. The smallest absolute Gasteiger partial charge is 0.404 e. The molecule has 0 bridgehead atoms. The Hall–Kier alpha value is -2.31. The van der Waals surface area contributed by atoms with Crippen LogP contribution in [0.2, 0.25) is 18.1 Å². The van der Waals surface area contributed by atoms with Crippen LogP contribution in [0.5, 0.6) is 5.75 Å². The quantitative estimate of drug-likeness (QED) is 0.588. The standard InChI is InChI=1S/C22H31NO4Si/c1-22(2,3)28(5,6)27-15-16-9-7-10-17(13-16)19-12-8-11-18(20(19)26-4)14-23-21(24)25/h7-13,23H,14-15H2,1-6H3,(H,24,25). The zero-order chi connectivity index (χ0) is 20.9. The molecule has 1 amide bonds. The number of benzene rings is 2. The van der Waals surface area contributed by atoms with E-state index in [1.54, 1.807) is 7.11 Å². The molecule has 0 aliphatic rings. The van der Waals surface area contributed by atoms with E-state index in [4.69, 9.17) is 14.3 Å². The second-order valence-corrected chi connectivity index (χ2v) is 13.2. The molecule has 0 unspecified atom stereocenters. The lowest BCUT2D eigenvalue weighted by Gasteiger charge is -2.36. The number of ether oxygens (including phenoxy) is 1. The van der Waals surface area contributed by atoms with E-state index in [9.17, 15) is 4.79 Å². The van der Waals surface area contributed by atoms with Gasteiger partial charge in [-0.3, -0.25) is 0 Å². The van der Waals surface area contributed by atoms with Crippen LogP contribution in [0.3, 0.4) is 0 Å². The molecule has 0 heterocycles. The molecule has 0 aromatic heterocycles. The van der Waals surface area contributed by atoms with Crippen molar-refractivity contribution in [1.29, 1.82) is 0 Å². The van der Waals surface area contributed by atoms with Crippen LogP contribution in [0, 0.1) is 0 Å². The van der Waals surface area contributed by atoms with Crippen molar-refractivity contribution in [3.8, 4) is 16.9 Å². The minimum atomic E-state index is -1.82. The molecule has 2 aromatic carbocycles. The third-order valence-electron chi connectivity index (χ3n) is 5.37. The highest BCUT2D eigenvalue weighted by Gasteiger charge is 2.37. The molecule has 152 valence electrons. The molecular formula is C22H31NO4Si. The number of amides is 1. The predicted octanol–water partition coefficient (Wildman–Crippen LogP) is 5.65. The van der Waals surface area contributed by atoms with Crippen molar-refractivity contribution in [3.63, 3.8) is 0 Å². The van der Waals surface area contributed by atoms with Gasteiger partial charge in [0.1, 0.15) is 5.75 Å². The summed E-state index contributed by atoms with van der Waals surface area (Å²) in [5.74, 6) is 0.679. The zero-order valence-corrected chi connectivity index (χ0v) is 18.6. The number of rotatable bonds is 7. The summed E-state index contributed by atoms with van der Waals surface area (Å²) in [7, 11) is -0.216. The van der Waals surface area contributed by atoms with Crippen molar-refractivity contribution in [3.05, 3.63) is 53.6 Å². The van der Waals surface area contributed by atoms with Gasteiger partial charge >= 0.3 is 6.09 Å². The summed E-state index contributed by atoms with van der Waals surface area (Å²) in [5.41, 5.74) is 3.86. The molecule has 0 aliphatic heterocycles. The Morgan fingerprint density at radius 3 is 2.43 bits per heavy atom. The minimum absolute atomic E-state index is 0.166. The lowest BCUT2D eigenvalue weighted by atomic mass is 9.99. The van der Waals surface area contributed by atoms with E-state index in [1.807, 2.05) is 30.3 Å². The van der Waals surface area contributed by atoms with Crippen molar-refractivity contribution < 1.29 is 19.1 Å². The molecule has 28 heavy (non-hydrogen) atoms. The fourth-order valence-electron chi connectivity index (χ4n) is 2.67. The Morgan fingerprint density at radius 2 is 1.82 bits per heavy atom. The van der Waals surface area contributed by atoms with Crippen LogP contribution in [0.15, 0.2) is 42.5 Å². The molecule has 0 fully saturated rings. The molecule has 2 rings (SSSR count). The molecule has 0 saturated heterocycles. The first-order valence-corrected chi connectivity index (χ1v) is 12.3. The maximum absolute atomic E-state index is 10.8. The Kier molecular flexibility index (Phi) is 6.90. The van der Waals surface area contributed by atoms with E-state index in [2.05, 4.69) is 51.3 Å². The van der Waals surface area contributed by atoms with Crippen LogP contribution in [0.1, 0.15) is 31.9 Å². The van der Waals surface area contributed by atoms with Crippen LogP contribution in [-0.2, 0) is 17.6 Å². The Morgan fingerprint density at radius 1 is 1.14 bits per heavy atom. The summed E-state index contributed by atoms with van der Waals surface area (Å²) < 4.78 is 12.0. The first-order valence-electron chi connectivity index (χ1n) is 9.41. The molecule has 0 aliphatic carbocycles. The average molecular weight is 402 g/mol. The average Bonchev–Trinajstić information content (AvgIpc) is 2.63. The fraction of sp³-hybridized carbons (Fsp3) is 0.409. The monoisotopic (exact) mass is 401 g/mol. The van der Waals surface area contributed by atoms with E-state index in [-0.39, 0.29) is 11.6 Å². The van der Waals surface area contributed by atoms with Gasteiger partial charge in [0.2, 0.25) is 0 Å². The van der Waals surface area contributed by atoms with E-state index >= 15 is 0 Å². The molecule has 2 aromatic rings. The number of hydrogen-bond donors (Lipinski definition) is 2. The summed E-state index contributed by atoms with van der Waals surface area (Å²) in [6.07, 6.45) is -1.06. The lowest BCUT2D eigenvalue weighted by Crippen LogP contribution is -2.40. The molecule has 0 radical (unpaired) electrons. The van der Waals surface area contributed by atoms with Crippen molar-refractivity contribution >= 4 is 14.4 Å². The van der Waals surface area contributed by atoms with Gasteiger partial charge in [-0.15, -0.1) is 0 Å². The number of carbonyl (C=O) groups is 1. The molecule has 2 N–H and O–H groups in total. The first kappa shape index (κ1) is 22.0. The lowest BCUT2D eigenvalue weighted by molar-refractivity contribution is 0.194. The summed E-state index contributed by atoms with van der Waals surface area (Å²) in [6.45, 7) is 12.0. The molecule has 0 spiro atoms. The second kappa shape index (κ2) is 8.79.